The minimum atomic E-state index is -0.687. The second-order valence-electron chi connectivity index (χ2n) is 5.68. The van der Waals surface area contributed by atoms with Gasteiger partial charge in [-0.25, -0.2) is 4.98 Å². The highest BCUT2D eigenvalue weighted by Crippen LogP contribution is 2.13. The molecule has 2 amide bonds. The zero-order valence-corrected chi connectivity index (χ0v) is 14.3. The van der Waals surface area contributed by atoms with Gasteiger partial charge in [0.25, 0.3) is 0 Å². The Bertz CT molecular complexity index is 872. The number of halogens is 1. The largest absolute Gasteiger partial charge is 0.344 e. The summed E-state index contributed by atoms with van der Waals surface area (Å²) in [5, 5.41) is 5.95. The fourth-order valence-electron chi connectivity index (χ4n) is 2.38. The Morgan fingerprint density at radius 3 is 2.60 bits per heavy atom. The number of imidazole rings is 1. The van der Waals surface area contributed by atoms with Crippen molar-refractivity contribution in [1.29, 1.82) is 0 Å². The van der Waals surface area contributed by atoms with Crippen molar-refractivity contribution in [2.45, 2.75) is 19.4 Å². The molecule has 128 valence electrons. The van der Waals surface area contributed by atoms with Crippen LogP contribution in [0.3, 0.4) is 0 Å². The molecule has 0 aliphatic heterocycles. The monoisotopic (exact) mass is 356 g/mol. The van der Waals surface area contributed by atoms with Crippen LogP contribution in [0.15, 0.2) is 48.5 Å². The Kier molecular flexibility index (Phi) is 5.00. The quantitative estimate of drug-likeness (QED) is 0.657. The number of hydrogen-bond acceptors (Lipinski definition) is 3. The lowest BCUT2D eigenvalue weighted by atomic mass is 10.1. The number of rotatable bonds is 5. The molecule has 3 rings (SSSR count). The van der Waals surface area contributed by atoms with E-state index in [2.05, 4.69) is 20.6 Å². The molecule has 7 heteroatoms. The molecule has 0 fully saturated rings. The molecule has 1 unspecified atom stereocenters. The molecular formula is C18H17ClN4O2. The lowest BCUT2D eigenvalue weighted by Gasteiger charge is -2.13. The van der Waals surface area contributed by atoms with Gasteiger partial charge in [0.2, 0.25) is 17.8 Å². The summed E-state index contributed by atoms with van der Waals surface area (Å²) in [4.78, 5) is 31.6. The van der Waals surface area contributed by atoms with E-state index >= 15 is 0 Å². The minimum Gasteiger partial charge on any atom is -0.344 e. The zero-order valence-electron chi connectivity index (χ0n) is 13.5. The predicted octanol–water partition coefficient (Wildman–Crippen LogP) is 2.90. The number of hydrogen-bond donors (Lipinski definition) is 3. The third-order valence-electron chi connectivity index (χ3n) is 3.68. The van der Waals surface area contributed by atoms with Gasteiger partial charge in [0, 0.05) is 5.02 Å². The number of carbonyl (C=O) groups is 2. The Labute approximate surface area is 149 Å². The number of fused-ring (bicyclic) bond motifs is 1. The van der Waals surface area contributed by atoms with Crippen molar-refractivity contribution in [1.82, 2.24) is 15.3 Å². The third kappa shape index (κ3) is 4.36. The van der Waals surface area contributed by atoms with E-state index in [9.17, 15) is 9.59 Å². The van der Waals surface area contributed by atoms with Crippen LogP contribution in [0.25, 0.3) is 11.0 Å². The highest BCUT2D eigenvalue weighted by molar-refractivity contribution is 6.30. The molecule has 1 atom stereocenters. The maximum atomic E-state index is 12.2. The second kappa shape index (κ2) is 7.36. The van der Waals surface area contributed by atoms with Crippen LogP contribution >= 0.6 is 11.6 Å². The molecule has 0 spiro atoms. The number of carbonyl (C=O) groups excluding carboxylic acids is 2. The maximum Gasteiger partial charge on any atom is 0.248 e. The van der Waals surface area contributed by atoms with E-state index in [1.165, 1.54) is 0 Å². The summed E-state index contributed by atoms with van der Waals surface area (Å²) in [6.07, 6.45) is 0.180. The first-order valence-electron chi connectivity index (χ1n) is 7.80. The maximum absolute atomic E-state index is 12.2. The van der Waals surface area contributed by atoms with Gasteiger partial charge in [-0.1, -0.05) is 35.9 Å². The second-order valence-corrected chi connectivity index (χ2v) is 6.12. The van der Waals surface area contributed by atoms with E-state index in [0.717, 1.165) is 16.6 Å². The van der Waals surface area contributed by atoms with E-state index in [-0.39, 0.29) is 18.2 Å². The molecule has 0 radical (unpaired) electrons. The molecule has 0 aliphatic carbocycles. The number of para-hydroxylation sites is 2. The molecule has 0 bridgehead atoms. The Morgan fingerprint density at radius 2 is 1.88 bits per heavy atom. The molecule has 25 heavy (non-hydrogen) atoms. The molecule has 2 aromatic carbocycles. The first-order chi connectivity index (χ1) is 12.0. The molecule has 0 saturated heterocycles. The Morgan fingerprint density at radius 1 is 1.16 bits per heavy atom. The Balaban J connectivity index is 1.56. The molecule has 3 aromatic rings. The summed E-state index contributed by atoms with van der Waals surface area (Å²) >= 11 is 5.82. The zero-order chi connectivity index (χ0) is 17.8. The van der Waals surface area contributed by atoms with Gasteiger partial charge < -0.3 is 10.3 Å². The highest BCUT2D eigenvalue weighted by Gasteiger charge is 2.17. The normalized spacial score (nSPS) is 11.9. The van der Waals surface area contributed by atoms with Gasteiger partial charge in [0.05, 0.1) is 17.5 Å². The lowest BCUT2D eigenvalue weighted by Crippen LogP contribution is -2.42. The number of H-pyrrole nitrogens is 1. The molecule has 0 saturated carbocycles. The van der Waals surface area contributed by atoms with Crippen LogP contribution in [-0.2, 0) is 16.0 Å². The van der Waals surface area contributed by atoms with Crippen molar-refractivity contribution in [3.63, 3.8) is 0 Å². The van der Waals surface area contributed by atoms with Crippen LogP contribution in [0.1, 0.15) is 12.5 Å². The van der Waals surface area contributed by atoms with Gasteiger partial charge in [-0.05, 0) is 36.8 Å². The highest BCUT2D eigenvalue weighted by atomic mass is 35.5. The topological polar surface area (TPSA) is 86.9 Å². The predicted molar refractivity (Wildman–Crippen MR) is 97.5 cm³/mol. The van der Waals surface area contributed by atoms with E-state index in [0.29, 0.717) is 11.0 Å². The first kappa shape index (κ1) is 17.0. The molecular weight excluding hydrogens is 340 g/mol. The number of aromatic amines is 1. The fraction of sp³-hybridized carbons (Fsp3) is 0.167. The number of nitrogens with one attached hydrogen (secondary N) is 3. The molecule has 1 aromatic heterocycles. The molecule has 1 heterocycles. The summed E-state index contributed by atoms with van der Waals surface area (Å²) < 4.78 is 0. The van der Waals surface area contributed by atoms with Crippen LogP contribution in [0.4, 0.5) is 5.95 Å². The SMILES string of the molecule is CC(NC(=O)Cc1ccc(Cl)cc1)C(=O)Nc1nc2ccccc2[nH]1. The Hall–Kier alpha value is -2.86. The van der Waals surface area contributed by atoms with E-state index in [1.54, 1.807) is 31.2 Å². The van der Waals surface area contributed by atoms with Crippen LogP contribution in [0, 0.1) is 0 Å². The van der Waals surface area contributed by atoms with Crippen LogP contribution < -0.4 is 10.6 Å². The number of anilines is 1. The van der Waals surface area contributed by atoms with Gasteiger partial charge in [-0.15, -0.1) is 0 Å². The van der Waals surface area contributed by atoms with E-state index < -0.39 is 6.04 Å². The standard InChI is InChI=1S/C18H17ClN4O2/c1-11(20-16(24)10-12-6-8-13(19)9-7-12)17(25)23-18-21-14-4-2-3-5-15(14)22-18/h2-9,11H,10H2,1H3,(H,20,24)(H2,21,22,23,25). The van der Waals surface area contributed by atoms with Crippen molar-refractivity contribution in [3.05, 3.63) is 59.1 Å². The van der Waals surface area contributed by atoms with Gasteiger partial charge in [-0.2, -0.15) is 0 Å². The van der Waals surface area contributed by atoms with Crippen LogP contribution in [0.2, 0.25) is 5.02 Å². The van der Waals surface area contributed by atoms with Crippen molar-refractivity contribution in [2.75, 3.05) is 5.32 Å². The summed E-state index contributed by atoms with van der Waals surface area (Å²) in [5.41, 5.74) is 2.42. The summed E-state index contributed by atoms with van der Waals surface area (Å²) in [5.74, 6) is -0.233. The number of nitrogens with zero attached hydrogens (tertiary/aromatic N) is 1. The summed E-state index contributed by atoms with van der Waals surface area (Å²) in [6.45, 7) is 1.62. The van der Waals surface area contributed by atoms with Crippen molar-refractivity contribution >= 4 is 40.4 Å². The average molecular weight is 357 g/mol. The number of amides is 2. The smallest absolute Gasteiger partial charge is 0.248 e. The third-order valence-corrected chi connectivity index (χ3v) is 3.93. The van der Waals surface area contributed by atoms with Gasteiger partial charge in [-0.3, -0.25) is 14.9 Å². The first-order valence-corrected chi connectivity index (χ1v) is 8.18. The van der Waals surface area contributed by atoms with Crippen molar-refractivity contribution < 1.29 is 9.59 Å². The van der Waals surface area contributed by atoms with E-state index in [1.807, 2.05) is 24.3 Å². The van der Waals surface area contributed by atoms with E-state index in [4.69, 9.17) is 11.6 Å². The molecule has 6 nitrogen and oxygen atoms in total. The molecule has 0 aliphatic rings. The number of aromatic nitrogens is 2. The van der Waals surface area contributed by atoms with Crippen molar-refractivity contribution in [2.24, 2.45) is 0 Å². The van der Waals surface area contributed by atoms with Crippen LogP contribution in [-0.4, -0.2) is 27.8 Å². The van der Waals surface area contributed by atoms with Gasteiger partial charge in [0.1, 0.15) is 6.04 Å². The van der Waals surface area contributed by atoms with Crippen molar-refractivity contribution in [3.8, 4) is 0 Å². The molecule has 3 N–H and O–H groups in total. The minimum absolute atomic E-state index is 0.180. The van der Waals surface area contributed by atoms with Crippen LogP contribution in [0.5, 0.6) is 0 Å². The van der Waals surface area contributed by atoms with Gasteiger partial charge >= 0.3 is 0 Å². The van der Waals surface area contributed by atoms with Gasteiger partial charge in [0.15, 0.2) is 0 Å². The summed E-state index contributed by atoms with van der Waals surface area (Å²) in [7, 11) is 0. The average Bonchev–Trinajstić information content (AvgIpc) is 2.99. The number of benzene rings is 2. The summed E-state index contributed by atoms with van der Waals surface area (Å²) in [6, 6.07) is 13.8. The lowest BCUT2D eigenvalue weighted by molar-refractivity contribution is -0.125. The fourth-order valence-corrected chi connectivity index (χ4v) is 2.51.